The summed E-state index contributed by atoms with van der Waals surface area (Å²) in [6, 6.07) is 5.35. The van der Waals surface area contributed by atoms with Gasteiger partial charge in [0.1, 0.15) is 5.82 Å². The van der Waals surface area contributed by atoms with Gasteiger partial charge in [-0.3, -0.25) is 0 Å². The third-order valence-electron chi connectivity index (χ3n) is 2.87. The van der Waals surface area contributed by atoms with Crippen molar-refractivity contribution >= 4 is 5.69 Å². The van der Waals surface area contributed by atoms with Crippen LogP contribution in [0.1, 0.15) is 39.2 Å². The molecule has 102 valence electrons. The van der Waals surface area contributed by atoms with Gasteiger partial charge in [-0.1, -0.05) is 20.8 Å². The molecule has 0 fully saturated rings. The molecule has 0 amide bonds. The van der Waals surface area contributed by atoms with Gasteiger partial charge >= 0.3 is 0 Å². The van der Waals surface area contributed by atoms with Crippen molar-refractivity contribution in [2.45, 2.75) is 40.2 Å². The summed E-state index contributed by atoms with van der Waals surface area (Å²) in [7, 11) is 0. The first-order valence-electron chi connectivity index (χ1n) is 6.96. The number of nitrogens with one attached hydrogen (secondary N) is 1. The minimum atomic E-state index is -0.141. The molecule has 0 unspecified atom stereocenters. The molecule has 3 heteroatoms. The Morgan fingerprint density at radius 3 is 2.28 bits per heavy atom. The van der Waals surface area contributed by atoms with Crippen molar-refractivity contribution in [3.63, 3.8) is 0 Å². The Balaban J connectivity index is 2.87. The zero-order valence-corrected chi connectivity index (χ0v) is 11.8. The van der Waals surface area contributed by atoms with Gasteiger partial charge in [0.15, 0.2) is 0 Å². The quantitative estimate of drug-likeness (QED) is 0.761. The third-order valence-corrected chi connectivity index (χ3v) is 2.87. The molecular formula is C15H25FN2. The predicted octanol–water partition coefficient (Wildman–Crippen LogP) is 3.56. The molecule has 2 nitrogen and oxygen atoms in total. The molecule has 0 heterocycles. The van der Waals surface area contributed by atoms with Crippen LogP contribution in [0.25, 0.3) is 0 Å². The van der Waals surface area contributed by atoms with Gasteiger partial charge < -0.3 is 10.2 Å². The SMILES string of the molecule is CCCN(CCC)c1cc(F)cc(CNCC)c1. The zero-order chi connectivity index (χ0) is 13.4. The van der Waals surface area contributed by atoms with Gasteiger partial charge in [-0.05, 0) is 43.1 Å². The molecule has 0 aliphatic carbocycles. The summed E-state index contributed by atoms with van der Waals surface area (Å²) in [5.74, 6) is -0.141. The Labute approximate surface area is 110 Å². The average molecular weight is 252 g/mol. The molecule has 1 N–H and O–H groups in total. The number of rotatable bonds is 8. The highest BCUT2D eigenvalue weighted by atomic mass is 19.1. The molecule has 0 aliphatic heterocycles. The van der Waals surface area contributed by atoms with Gasteiger partial charge in [0.05, 0.1) is 0 Å². The summed E-state index contributed by atoms with van der Waals surface area (Å²) < 4.78 is 13.6. The molecule has 0 aliphatic rings. The highest BCUT2D eigenvalue weighted by Crippen LogP contribution is 2.19. The van der Waals surface area contributed by atoms with Gasteiger partial charge in [0, 0.05) is 25.3 Å². The first kappa shape index (κ1) is 15.0. The van der Waals surface area contributed by atoms with Crippen molar-refractivity contribution in [1.29, 1.82) is 0 Å². The molecule has 0 bridgehead atoms. The van der Waals surface area contributed by atoms with E-state index >= 15 is 0 Å². The molecule has 1 aromatic rings. The van der Waals surface area contributed by atoms with Crippen molar-refractivity contribution in [2.24, 2.45) is 0 Å². The second-order valence-corrected chi connectivity index (χ2v) is 4.59. The van der Waals surface area contributed by atoms with E-state index in [9.17, 15) is 4.39 Å². The van der Waals surface area contributed by atoms with E-state index in [0.29, 0.717) is 0 Å². The molecule has 0 atom stereocenters. The van der Waals surface area contributed by atoms with Crippen molar-refractivity contribution in [1.82, 2.24) is 5.32 Å². The van der Waals surface area contributed by atoms with Gasteiger partial charge in [-0.2, -0.15) is 0 Å². The topological polar surface area (TPSA) is 15.3 Å². The predicted molar refractivity (Wildman–Crippen MR) is 76.6 cm³/mol. The highest BCUT2D eigenvalue weighted by Gasteiger charge is 2.07. The molecule has 0 radical (unpaired) electrons. The number of hydrogen-bond donors (Lipinski definition) is 1. The van der Waals surface area contributed by atoms with E-state index in [1.165, 1.54) is 0 Å². The number of hydrogen-bond acceptors (Lipinski definition) is 2. The van der Waals surface area contributed by atoms with Crippen molar-refractivity contribution < 1.29 is 4.39 Å². The lowest BCUT2D eigenvalue weighted by Gasteiger charge is -2.24. The van der Waals surface area contributed by atoms with Crippen LogP contribution in [0.15, 0.2) is 18.2 Å². The van der Waals surface area contributed by atoms with Crippen LogP contribution in [0.3, 0.4) is 0 Å². The van der Waals surface area contributed by atoms with Crippen LogP contribution in [0, 0.1) is 5.82 Å². The van der Waals surface area contributed by atoms with Crippen LogP contribution in [0.5, 0.6) is 0 Å². The maximum absolute atomic E-state index is 13.6. The Kier molecular flexibility index (Phi) is 6.73. The summed E-state index contributed by atoms with van der Waals surface area (Å²) in [4.78, 5) is 2.26. The molecule has 1 rings (SSSR count). The molecule has 18 heavy (non-hydrogen) atoms. The maximum atomic E-state index is 13.6. The number of benzene rings is 1. The van der Waals surface area contributed by atoms with E-state index in [0.717, 1.165) is 50.3 Å². The van der Waals surface area contributed by atoms with E-state index in [2.05, 4.69) is 37.1 Å². The molecule has 0 spiro atoms. The van der Waals surface area contributed by atoms with Crippen LogP contribution in [-0.4, -0.2) is 19.6 Å². The van der Waals surface area contributed by atoms with Crippen LogP contribution in [0.4, 0.5) is 10.1 Å². The maximum Gasteiger partial charge on any atom is 0.125 e. The van der Waals surface area contributed by atoms with Gasteiger partial charge in [0.2, 0.25) is 0 Å². The van der Waals surface area contributed by atoms with Gasteiger partial charge in [-0.15, -0.1) is 0 Å². The van der Waals surface area contributed by atoms with E-state index in [1.807, 2.05) is 0 Å². The van der Waals surface area contributed by atoms with Crippen molar-refractivity contribution in [3.8, 4) is 0 Å². The molecule has 0 aromatic heterocycles. The third kappa shape index (κ3) is 4.65. The van der Waals surface area contributed by atoms with Crippen LogP contribution in [-0.2, 0) is 6.54 Å². The summed E-state index contributed by atoms with van der Waals surface area (Å²) >= 11 is 0. The van der Waals surface area contributed by atoms with Gasteiger partial charge in [0.25, 0.3) is 0 Å². The number of anilines is 1. The Hall–Kier alpha value is -1.09. The summed E-state index contributed by atoms with van der Waals surface area (Å²) in [5.41, 5.74) is 2.02. The fraction of sp³-hybridized carbons (Fsp3) is 0.600. The fourth-order valence-electron chi connectivity index (χ4n) is 2.10. The second-order valence-electron chi connectivity index (χ2n) is 4.59. The van der Waals surface area contributed by atoms with Gasteiger partial charge in [-0.25, -0.2) is 4.39 Å². The molecular weight excluding hydrogens is 227 g/mol. The summed E-state index contributed by atoms with van der Waals surface area (Å²) in [6.45, 7) is 9.96. The van der Waals surface area contributed by atoms with Crippen LogP contribution < -0.4 is 10.2 Å². The number of nitrogens with zero attached hydrogens (tertiary/aromatic N) is 1. The summed E-state index contributed by atoms with van der Waals surface area (Å²) in [6.07, 6.45) is 2.16. The lowest BCUT2D eigenvalue weighted by atomic mass is 10.1. The van der Waals surface area contributed by atoms with E-state index in [1.54, 1.807) is 12.1 Å². The first-order chi connectivity index (χ1) is 8.71. The Morgan fingerprint density at radius 1 is 1.06 bits per heavy atom. The zero-order valence-electron chi connectivity index (χ0n) is 11.8. The lowest BCUT2D eigenvalue weighted by Crippen LogP contribution is -2.25. The minimum absolute atomic E-state index is 0.141. The minimum Gasteiger partial charge on any atom is -0.371 e. The largest absolute Gasteiger partial charge is 0.371 e. The highest BCUT2D eigenvalue weighted by molar-refractivity contribution is 5.49. The van der Waals surface area contributed by atoms with E-state index < -0.39 is 0 Å². The van der Waals surface area contributed by atoms with Crippen LogP contribution >= 0.6 is 0 Å². The smallest absolute Gasteiger partial charge is 0.125 e. The Morgan fingerprint density at radius 2 is 1.72 bits per heavy atom. The lowest BCUT2D eigenvalue weighted by molar-refractivity contribution is 0.619. The van der Waals surface area contributed by atoms with E-state index in [4.69, 9.17) is 0 Å². The van der Waals surface area contributed by atoms with E-state index in [-0.39, 0.29) is 5.82 Å². The first-order valence-corrected chi connectivity index (χ1v) is 6.96. The second kappa shape index (κ2) is 8.09. The monoisotopic (exact) mass is 252 g/mol. The normalized spacial score (nSPS) is 10.7. The number of halogens is 1. The Bertz CT molecular complexity index is 346. The fourth-order valence-corrected chi connectivity index (χ4v) is 2.10. The van der Waals surface area contributed by atoms with Crippen LogP contribution in [0.2, 0.25) is 0 Å². The average Bonchev–Trinajstić information content (AvgIpc) is 2.35. The standard InChI is InChI=1S/C15H25FN2/c1-4-7-18(8-5-2)15-10-13(12-17-6-3)9-14(16)11-15/h9-11,17H,4-8,12H2,1-3H3. The van der Waals surface area contributed by atoms with Crippen molar-refractivity contribution in [2.75, 3.05) is 24.5 Å². The summed E-state index contributed by atoms with van der Waals surface area (Å²) in [5, 5.41) is 3.24. The van der Waals surface area contributed by atoms with Crippen molar-refractivity contribution in [3.05, 3.63) is 29.6 Å². The molecule has 0 saturated heterocycles. The molecule has 1 aromatic carbocycles. The molecule has 0 saturated carbocycles.